The molecule has 27 heavy (non-hydrogen) atoms. The van der Waals surface area contributed by atoms with Gasteiger partial charge in [-0.1, -0.05) is 56.3 Å². The van der Waals surface area contributed by atoms with Crippen molar-refractivity contribution in [2.45, 2.75) is 45.1 Å². The lowest BCUT2D eigenvalue weighted by Crippen LogP contribution is -2.35. The highest BCUT2D eigenvalue weighted by Crippen LogP contribution is 2.21. The second-order valence-electron chi connectivity index (χ2n) is 7.12. The summed E-state index contributed by atoms with van der Waals surface area (Å²) in [5.74, 6) is 0.0456. The van der Waals surface area contributed by atoms with E-state index >= 15 is 0 Å². The van der Waals surface area contributed by atoms with Crippen molar-refractivity contribution < 1.29 is 13.2 Å². The zero-order chi connectivity index (χ0) is 20.0. The minimum Gasteiger partial charge on any atom is -0.349 e. The van der Waals surface area contributed by atoms with Crippen LogP contribution in [0, 0.1) is 19.8 Å². The van der Waals surface area contributed by atoms with Crippen molar-refractivity contribution in [3.8, 4) is 0 Å². The van der Waals surface area contributed by atoms with Crippen LogP contribution in [0.3, 0.4) is 0 Å². The Morgan fingerprint density at radius 2 is 1.70 bits per heavy atom. The predicted molar refractivity (Wildman–Crippen MR) is 108 cm³/mol. The average molecular weight is 389 g/mol. The topological polar surface area (TPSA) is 75.3 Å². The van der Waals surface area contributed by atoms with Gasteiger partial charge < -0.3 is 5.32 Å². The molecule has 2 aromatic carbocycles. The Morgan fingerprint density at radius 1 is 1.04 bits per heavy atom. The number of rotatable bonds is 8. The fourth-order valence-electron chi connectivity index (χ4n) is 2.91. The number of hydrogen-bond acceptors (Lipinski definition) is 3. The lowest BCUT2D eigenvalue weighted by Gasteiger charge is -2.23. The zero-order valence-electron chi connectivity index (χ0n) is 16.3. The third-order valence-corrected chi connectivity index (χ3v) is 6.02. The van der Waals surface area contributed by atoms with Crippen molar-refractivity contribution in [3.05, 3.63) is 65.2 Å². The summed E-state index contributed by atoms with van der Waals surface area (Å²) < 4.78 is 27.5. The second kappa shape index (κ2) is 9.15. The number of amides is 1. The first kappa shape index (κ1) is 21.1. The molecular weight excluding hydrogens is 360 g/mol. The summed E-state index contributed by atoms with van der Waals surface area (Å²) in [5.41, 5.74) is 2.60. The molecule has 0 aromatic heterocycles. The number of carbonyl (C=O) groups excluding carboxylic acids is 1. The molecule has 0 radical (unpaired) electrons. The van der Waals surface area contributed by atoms with Crippen LogP contribution < -0.4 is 10.0 Å². The van der Waals surface area contributed by atoms with Crippen LogP contribution in [0.25, 0.3) is 0 Å². The predicted octanol–water partition coefficient (Wildman–Crippen LogP) is 3.49. The smallest absolute Gasteiger partial charge is 0.240 e. The first-order valence-corrected chi connectivity index (χ1v) is 10.6. The lowest BCUT2D eigenvalue weighted by atomic mass is 9.96. The number of aryl methyl sites for hydroxylation is 2. The van der Waals surface area contributed by atoms with Crippen LogP contribution in [-0.4, -0.2) is 20.9 Å². The molecule has 0 aliphatic rings. The van der Waals surface area contributed by atoms with Gasteiger partial charge in [-0.05, 0) is 42.5 Å². The Kier molecular flexibility index (Phi) is 7.16. The summed E-state index contributed by atoms with van der Waals surface area (Å²) in [6.45, 7) is 7.75. The Labute approximate surface area is 162 Å². The number of nitrogens with one attached hydrogen (secondary N) is 2. The summed E-state index contributed by atoms with van der Waals surface area (Å²) in [7, 11) is -3.64. The molecule has 2 rings (SSSR count). The highest BCUT2D eigenvalue weighted by Gasteiger charge is 2.20. The van der Waals surface area contributed by atoms with E-state index in [0.717, 1.165) is 11.1 Å². The number of sulfonamides is 1. The van der Waals surface area contributed by atoms with Crippen molar-refractivity contribution in [3.63, 3.8) is 0 Å². The van der Waals surface area contributed by atoms with Crippen LogP contribution in [0.1, 0.15) is 43.0 Å². The molecule has 0 heterocycles. The van der Waals surface area contributed by atoms with E-state index < -0.39 is 10.0 Å². The number of hydrogen-bond donors (Lipinski definition) is 2. The van der Waals surface area contributed by atoms with Gasteiger partial charge >= 0.3 is 0 Å². The molecule has 1 unspecified atom stereocenters. The van der Waals surface area contributed by atoms with E-state index in [-0.39, 0.29) is 35.7 Å². The molecule has 0 spiro atoms. The summed E-state index contributed by atoms with van der Waals surface area (Å²) >= 11 is 0. The molecule has 0 saturated heterocycles. The molecule has 6 heteroatoms. The molecule has 0 saturated carbocycles. The lowest BCUT2D eigenvalue weighted by molar-refractivity contribution is -0.122. The summed E-state index contributed by atoms with van der Waals surface area (Å²) in [4.78, 5) is 12.6. The first-order chi connectivity index (χ1) is 12.7. The molecule has 0 aliphatic heterocycles. The van der Waals surface area contributed by atoms with Crippen molar-refractivity contribution in [1.82, 2.24) is 10.0 Å². The van der Waals surface area contributed by atoms with Crippen molar-refractivity contribution in [2.24, 2.45) is 5.92 Å². The van der Waals surface area contributed by atoms with Gasteiger partial charge in [0.2, 0.25) is 15.9 Å². The molecule has 1 amide bonds. The molecule has 2 aromatic rings. The molecule has 146 valence electrons. The van der Waals surface area contributed by atoms with Crippen LogP contribution >= 0.6 is 0 Å². The monoisotopic (exact) mass is 388 g/mol. The van der Waals surface area contributed by atoms with Crippen LogP contribution in [-0.2, 0) is 14.8 Å². The van der Waals surface area contributed by atoms with E-state index in [2.05, 4.69) is 10.0 Å². The molecule has 0 aliphatic carbocycles. The van der Waals surface area contributed by atoms with E-state index in [9.17, 15) is 13.2 Å². The molecular formula is C21H28N2O3S. The highest BCUT2D eigenvalue weighted by atomic mass is 32.2. The fraction of sp³-hybridized carbons (Fsp3) is 0.381. The van der Waals surface area contributed by atoms with Crippen LogP contribution in [0.5, 0.6) is 0 Å². The molecule has 0 fully saturated rings. The van der Waals surface area contributed by atoms with E-state index in [4.69, 9.17) is 0 Å². The fourth-order valence-corrected chi connectivity index (χ4v) is 4.27. The zero-order valence-corrected chi connectivity index (χ0v) is 17.1. The summed E-state index contributed by atoms with van der Waals surface area (Å²) in [5, 5.41) is 3.01. The largest absolute Gasteiger partial charge is 0.349 e. The molecule has 5 nitrogen and oxygen atoms in total. The van der Waals surface area contributed by atoms with Crippen molar-refractivity contribution in [2.75, 3.05) is 6.54 Å². The Bertz CT molecular complexity index is 878. The number of benzene rings is 2. The number of carbonyl (C=O) groups is 1. The maximum absolute atomic E-state index is 12.5. The van der Waals surface area contributed by atoms with Gasteiger partial charge in [0.25, 0.3) is 0 Å². The Balaban J connectivity index is 1.96. The van der Waals surface area contributed by atoms with Gasteiger partial charge in [-0.15, -0.1) is 0 Å². The van der Waals surface area contributed by atoms with Gasteiger partial charge in [0, 0.05) is 13.0 Å². The van der Waals surface area contributed by atoms with E-state index in [1.54, 1.807) is 19.1 Å². The standard InChI is InChI=1S/C21H28N2O3S/c1-15(2)21(18-8-6-5-7-9-18)23-20(24)12-13-22-27(25,26)19-14-16(3)10-11-17(19)4/h5-11,14-15,21-22H,12-13H2,1-4H3,(H,23,24). The SMILES string of the molecule is Cc1ccc(C)c(S(=O)(=O)NCCC(=O)NC(c2ccccc2)C(C)C)c1. The van der Waals surface area contributed by atoms with Crippen LogP contribution in [0.15, 0.2) is 53.4 Å². The maximum Gasteiger partial charge on any atom is 0.240 e. The summed E-state index contributed by atoms with van der Waals surface area (Å²) in [6.07, 6.45) is 0.0835. The van der Waals surface area contributed by atoms with Gasteiger partial charge in [0.05, 0.1) is 10.9 Å². The Hall–Kier alpha value is -2.18. The molecule has 1 atom stereocenters. The van der Waals surface area contributed by atoms with Gasteiger partial charge in [-0.2, -0.15) is 0 Å². The maximum atomic E-state index is 12.5. The van der Waals surface area contributed by atoms with Crippen LogP contribution in [0.4, 0.5) is 0 Å². The van der Waals surface area contributed by atoms with Gasteiger partial charge in [-0.3, -0.25) is 4.79 Å². The Morgan fingerprint density at radius 3 is 2.33 bits per heavy atom. The molecule has 2 N–H and O–H groups in total. The minimum absolute atomic E-state index is 0.0567. The first-order valence-electron chi connectivity index (χ1n) is 9.12. The van der Waals surface area contributed by atoms with Gasteiger partial charge in [-0.25, -0.2) is 13.1 Å². The van der Waals surface area contributed by atoms with Gasteiger partial charge in [0.15, 0.2) is 0 Å². The summed E-state index contributed by atoms with van der Waals surface area (Å²) in [6, 6.07) is 15.0. The quantitative estimate of drug-likeness (QED) is 0.727. The van der Waals surface area contributed by atoms with E-state index in [0.29, 0.717) is 5.56 Å². The normalized spacial score (nSPS) is 12.8. The third-order valence-electron chi connectivity index (χ3n) is 4.42. The van der Waals surface area contributed by atoms with Gasteiger partial charge in [0.1, 0.15) is 0 Å². The van der Waals surface area contributed by atoms with Crippen molar-refractivity contribution >= 4 is 15.9 Å². The molecule has 0 bridgehead atoms. The second-order valence-corrected chi connectivity index (χ2v) is 8.85. The van der Waals surface area contributed by atoms with E-state index in [1.807, 2.05) is 57.2 Å². The third kappa shape index (κ3) is 5.91. The minimum atomic E-state index is -3.64. The van der Waals surface area contributed by atoms with E-state index in [1.165, 1.54) is 0 Å². The highest BCUT2D eigenvalue weighted by molar-refractivity contribution is 7.89. The van der Waals surface area contributed by atoms with Crippen LogP contribution in [0.2, 0.25) is 0 Å². The van der Waals surface area contributed by atoms with Crippen molar-refractivity contribution in [1.29, 1.82) is 0 Å². The average Bonchev–Trinajstić information content (AvgIpc) is 2.62.